The highest BCUT2D eigenvalue weighted by Gasteiger charge is 1.97. The molecule has 1 rings (SSSR count). The minimum atomic E-state index is -0.0506. The summed E-state index contributed by atoms with van der Waals surface area (Å²) >= 11 is 0. The highest BCUT2D eigenvalue weighted by Crippen LogP contribution is 2.00. The third-order valence-electron chi connectivity index (χ3n) is 1.12. The first kappa shape index (κ1) is 6.10. The van der Waals surface area contributed by atoms with E-state index in [9.17, 15) is 0 Å². The lowest BCUT2D eigenvalue weighted by molar-refractivity contribution is 0.277. The van der Waals surface area contributed by atoms with E-state index in [4.69, 9.17) is 10.8 Å². The molecule has 9 heavy (non-hydrogen) atoms. The van der Waals surface area contributed by atoms with E-state index >= 15 is 0 Å². The minimum Gasteiger partial charge on any atom is -0.390 e. The molecule has 0 spiro atoms. The molecule has 50 valence electrons. The van der Waals surface area contributed by atoms with Gasteiger partial charge in [0.2, 0.25) is 0 Å². The number of aromatic nitrogens is 2. The van der Waals surface area contributed by atoms with Crippen molar-refractivity contribution in [3.63, 3.8) is 0 Å². The van der Waals surface area contributed by atoms with E-state index in [1.807, 2.05) is 0 Å². The summed E-state index contributed by atoms with van der Waals surface area (Å²) in [6.07, 6.45) is 1.69. The standard InChI is InChI=1S/C5H9N3O/c1-8-2-4(3-9)7-5(8)6/h2,9H,3H2,1H3,(H2,6,7). The second-order valence-corrected chi connectivity index (χ2v) is 1.86. The van der Waals surface area contributed by atoms with E-state index in [1.165, 1.54) is 0 Å². The normalized spacial score (nSPS) is 10.0. The molecular weight excluding hydrogens is 118 g/mol. The van der Waals surface area contributed by atoms with Gasteiger partial charge in [0.15, 0.2) is 5.95 Å². The molecule has 0 unspecified atom stereocenters. The van der Waals surface area contributed by atoms with Crippen LogP contribution in [-0.2, 0) is 13.7 Å². The summed E-state index contributed by atoms with van der Waals surface area (Å²) in [4.78, 5) is 3.82. The van der Waals surface area contributed by atoms with Crippen molar-refractivity contribution < 1.29 is 5.11 Å². The van der Waals surface area contributed by atoms with Crippen molar-refractivity contribution in [1.29, 1.82) is 0 Å². The van der Waals surface area contributed by atoms with Crippen LogP contribution in [-0.4, -0.2) is 14.7 Å². The van der Waals surface area contributed by atoms with Gasteiger partial charge in [-0.1, -0.05) is 0 Å². The molecule has 0 saturated heterocycles. The molecule has 0 bridgehead atoms. The van der Waals surface area contributed by atoms with Crippen LogP contribution in [0.4, 0.5) is 5.95 Å². The molecule has 0 aliphatic rings. The molecule has 1 aromatic rings. The van der Waals surface area contributed by atoms with Gasteiger partial charge in [-0.05, 0) is 0 Å². The lowest BCUT2D eigenvalue weighted by Crippen LogP contribution is -1.94. The minimum absolute atomic E-state index is 0.0506. The molecule has 1 heterocycles. The molecule has 0 atom stereocenters. The number of imidazole rings is 1. The lowest BCUT2D eigenvalue weighted by atomic mass is 10.5. The van der Waals surface area contributed by atoms with Crippen LogP contribution in [0.1, 0.15) is 5.69 Å². The summed E-state index contributed by atoms with van der Waals surface area (Å²) in [5, 5.41) is 8.54. The Balaban J connectivity index is 2.98. The van der Waals surface area contributed by atoms with Crippen LogP contribution in [0.15, 0.2) is 6.20 Å². The molecule has 0 aliphatic carbocycles. The van der Waals surface area contributed by atoms with Crippen molar-refractivity contribution in [3.8, 4) is 0 Å². The monoisotopic (exact) mass is 127 g/mol. The van der Waals surface area contributed by atoms with Crippen LogP contribution in [0.3, 0.4) is 0 Å². The first-order valence-electron chi connectivity index (χ1n) is 2.62. The second-order valence-electron chi connectivity index (χ2n) is 1.86. The van der Waals surface area contributed by atoms with Crippen molar-refractivity contribution in [2.24, 2.45) is 7.05 Å². The number of aryl methyl sites for hydroxylation is 1. The van der Waals surface area contributed by atoms with Crippen LogP contribution >= 0.6 is 0 Å². The fourth-order valence-electron chi connectivity index (χ4n) is 0.621. The number of anilines is 1. The molecule has 0 amide bonds. The van der Waals surface area contributed by atoms with Crippen LogP contribution in [0, 0.1) is 0 Å². The van der Waals surface area contributed by atoms with Gasteiger partial charge in [-0.2, -0.15) is 0 Å². The average Bonchev–Trinajstić information content (AvgIpc) is 2.13. The Morgan fingerprint density at radius 1 is 1.89 bits per heavy atom. The summed E-state index contributed by atoms with van der Waals surface area (Å²) < 4.78 is 1.66. The van der Waals surface area contributed by atoms with E-state index in [0.717, 1.165) is 0 Å². The Morgan fingerprint density at radius 2 is 2.56 bits per heavy atom. The number of aliphatic hydroxyl groups excluding tert-OH is 1. The first-order chi connectivity index (χ1) is 4.24. The fraction of sp³-hybridized carbons (Fsp3) is 0.400. The molecule has 1 aromatic heterocycles. The van der Waals surface area contributed by atoms with Crippen molar-refractivity contribution in [3.05, 3.63) is 11.9 Å². The van der Waals surface area contributed by atoms with Crippen molar-refractivity contribution >= 4 is 5.95 Å². The van der Waals surface area contributed by atoms with Gasteiger partial charge < -0.3 is 15.4 Å². The van der Waals surface area contributed by atoms with Crippen LogP contribution in [0.5, 0.6) is 0 Å². The SMILES string of the molecule is Cn1cc(CO)nc1N. The third-order valence-corrected chi connectivity index (χ3v) is 1.12. The second kappa shape index (κ2) is 2.06. The molecule has 4 nitrogen and oxygen atoms in total. The zero-order chi connectivity index (χ0) is 6.85. The van der Waals surface area contributed by atoms with Gasteiger partial charge in [0.25, 0.3) is 0 Å². The lowest BCUT2D eigenvalue weighted by Gasteiger charge is -1.87. The molecule has 0 fully saturated rings. The van der Waals surface area contributed by atoms with Crippen LogP contribution < -0.4 is 5.73 Å². The number of nitrogen functional groups attached to an aromatic ring is 1. The van der Waals surface area contributed by atoms with Crippen LogP contribution in [0.2, 0.25) is 0 Å². The maximum absolute atomic E-state index is 8.54. The van der Waals surface area contributed by atoms with Gasteiger partial charge in [-0.15, -0.1) is 0 Å². The van der Waals surface area contributed by atoms with Crippen molar-refractivity contribution in [2.75, 3.05) is 5.73 Å². The van der Waals surface area contributed by atoms with E-state index in [1.54, 1.807) is 17.8 Å². The van der Waals surface area contributed by atoms with E-state index in [-0.39, 0.29) is 6.61 Å². The fourth-order valence-corrected chi connectivity index (χ4v) is 0.621. The number of aliphatic hydroxyl groups is 1. The number of rotatable bonds is 1. The van der Waals surface area contributed by atoms with Gasteiger partial charge >= 0.3 is 0 Å². The predicted molar refractivity (Wildman–Crippen MR) is 33.5 cm³/mol. The smallest absolute Gasteiger partial charge is 0.200 e. The summed E-state index contributed by atoms with van der Waals surface area (Å²) in [6, 6.07) is 0. The topological polar surface area (TPSA) is 64.1 Å². The summed E-state index contributed by atoms with van der Waals surface area (Å²) in [6.45, 7) is -0.0506. The quantitative estimate of drug-likeness (QED) is 0.534. The Kier molecular flexibility index (Phi) is 1.40. The molecular formula is C5H9N3O. The zero-order valence-corrected chi connectivity index (χ0v) is 5.20. The maximum Gasteiger partial charge on any atom is 0.200 e. The van der Waals surface area contributed by atoms with E-state index < -0.39 is 0 Å². The van der Waals surface area contributed by atoms with Gasteiger partial charge in [0.05, 0.1) is 12.3 Å². The Morgan fingerprint density at radius 3 is 2.78 bits per heavy atom. The average molecular weight is 127 g/mol. The van der Waals surface area contributed by atoms with Crippen molar-refractivity contribution in [1.82, 2.24) is 9.55 Å². The number of hydrogen-bond acceptors (Lipinski definition) is 3. The van der Waals surface area contributed by atoms with E-state index in [2.05, 4.69) is 4.98 Å². The molecule has 3 N–H and O–H groups in total. The largest absolute Gasteiger partial charge is 0.390 e. The Labute approximate surface area is 52.9 Å². The number of nitrogens with two attached hydrogens (primary N) is 1. The van der Waals surface area contributed by atoms with Gasteiger partial charge in [0.1, 0.15) is 0 Å². The highest BCUT2D eigenvalue weighted by atomic mass is 16.3. The first-order valence-corrected chi connectivity index (χ1v) is 2.62. The maximum atomic E-state index is 8.54. The third kappa shape index (κ3) is 1.02. The molecule has 0 aromatic carbocycles. The summed E-state index contributed by atoms with van der Waals surface area (Å²) in [5.74, 6) is 0.430. The molecule has 0 radical (unpaired) electrons. The number of nitrogens with zero attached hydrogens (tertiary/aromatic N) is 2. The molecule has 0 saturated carbocycles. The molecule has 0 aliphatic heterocycles. The predicted octanol–water partition coefficient (Wildman–Crippen LogP) is -0.505. The molecule has 4 heteroatoms. The van der Waals surface area contributed by atoms with Gasteiger partial charge in [0, 0.05) is 13.2 Å². The van der Waals surface area contributed by atoms with E-state index in [0.29, 0.717) is 11.6 Å². The summed E-state index contributed by atoms with van der Waals surface area (Å²) in [5.41, 5.74) is 5.96. The zero-order valence-electron chi connectivity index (χ0n) is 5.20. The van der Waals surface area contributed by atoms with Gasteiger partial charge in [-0.3, -0.25) is 0 Å². The van der Waals surface area contributed by atoms with Crippen LogP contribution in [0.25, 0.3) is 0 Å². The Hall–Kier alpha value is -1.03. The number of hydrogen-bond donors (Lipinski definition) is 2. The summed E-state index contributed by atoms with van der Waals surface area (Å²) in [7, 11) is 1.78. The Bertz CT molecular complexity index is 186. The highest BCUT2D eigenvalue weighted by molar-refractivity contribution is 5.20. The van der Waals surface area contributed by atoms with Gasteiger partial charge in [-0.25, -0.2) is 4.98 Å². The van der Waals surface area contributed by atoms with Crippen molar-refractivity contribution in [2.45, 2.75) is 6.61 Å².